The average Bonchev–Trinajstić information content (AvgIpc) is 2.59. The third-order valence-electron chi connectivity index (χ3n) is 4.51. The standard InChI is InChI=1S/C18H25N3O7/c1-18(2,3)17(23)28-21(26)10-14(19)15(21)8-9-16(22)27-11-12-4-6-13(7-5-12)20(24)25/h4-7,14-15H,8-11,19H2,1-3H3. The molecule has 0 radical (unpaired) electrons. The van der Waals surface area contributed by atoms with Gasteiger partial charge in [-0.05, 0) is 38.5 Å². The lowest BCUT2D eigenvalue weighted by Crippen LogP contribution is -2.74. The Bertz CT molecular complexity index is 745. The average molecular weight is 395 g/mol. The first-order chi connectivity index (χ1) is 12.9. The van der Waals surface area contributed by atoms with E-state index in [0.717, 1.165) is 0 Å². The van der Waals surface area contributed by atoms with Crippen molar-refractivity contribution in [3.63, 3.8) is 0 Å². The Balaban J connectivity index is 1.82. The fourth-order valence-corrected chi connectivity index (χ4v) is 2.71. The first-order valence-electron chi connectivity index (χ1n) is 8.90. The fourth-order valence-electron chi connectivity index (χ4n) is 2.71. The Hall–Kier alpha value is -2.56. The van der Waals surface area contributed by atoms with E-state index in [1.807, 2.05) is 0 Å². The van der Waals surface area contributed by atoms with Gasteiger partial charge in [0.05, 0.1) is 16.8 Å². The second-order valence-corrected chi connectivity index (χ2v) is 7.89. The molecule has 1 heterocycles. The van der Waals surface area contributed by atoms with E-state index in [4.69, 9.17) is 15.3 Å². The molecule has 28 heavy (non-hydrogen) atoms. The van der Waals surface area contributed by atoms with Crippen LogP contribution in [0.1, 0.15) is 39.2 Å². The second kappa shape index (κ2) is 8.21. The predicted molar refractivity (Wildman–Crippen MR) is 97.9 cm³/mol. The molecule has 2 rings (SSSR count). The molecule has 3 unspecified atom stereocenters. The summed E-state index contributed by atoms with van der Waals surface area (Å²) in [6, 6.07) is 4.45. The van der Waals surface area contributed by atoms with Crippen LogP contribution in [-0.2, 0) is 25.8 Å². The van der Waals surface area contributed by atoms with Crippen LogP contribution in [0.2, 0.25) is 0 Å². The van der Waals surface area contributed by atoms with Crippen molar-refractivity contribution >= 4 is 17.6 Å². The Morgan fingerprint density at radius 3 is 2.39 bits per heavy atom. The summed E-state index contributed by atoms with van der Waals surface area (Å²) in [5, 5.41) is 23.3. The molecule has 10 heteroatoms. The Labute approximate surface area is 162 Å². The number of carbonyl (C=O) groups excluding carboxylic acids is 2. The van der Waals surface area contributed by atoms with Crippen molar-refractivity contribution in [1.29, 1.82) is 0 Å². The Morgan fingerprint density at radius 1 is 1.29 bits per heavy atom. The highest BCUT2D eigenvalue weighted by Crippen LogP contribution is 2.33. The van der Waals surface area contributed by atoms with Crippen molar-refractivity contribution in [3.8, 4) is 0 Å². The summed E-state index contributed by atoms with van der Waals surface area (Å²) in [6.45, 7) is 4.84. The molecular weight excluding hydrogens is 370 g/mol. The zero-order valence-electron chi connectivity index (χ0n) is 16.1. The number of hydrogen-bond donors (Lipinski definition) is 1. The number of benzene rings is 1. The number of nitro benzene ring substituents is 1. The van der Waals surface area contributed by atoms with Crippen LogP contribution in [-0.4, -0.2) is 40.3 Å². The van der Waals surface area contributed by atoms with Gasteiger partial charge in [0.1, 0.15) is 25.2 Å². The van der Waals surface area contributed by atoms with Gasteiger partial charge < -0.3 is 15.7 Å². The monoisotopic (exact) mass is 395 g/mol. The van der Waals surface area contributed by atoms with Crippen molar-refractivity contribution in [2.75, 3.05) is 6.54 Å². The first-order valence-corrected chi connectivity index (χ1v) is 8.90. The first kappa shape index (κ1) is 21.7. The van der Waals surface area contributed by atoms with Gasteiger partial charge in [0, 0.05) is 18.6 Å². The highest BCUT2D eigenvalue weighted by molar-refractivity contribution is 5.74. The number of nitrogens with two attached hydrogens (primary N) is 1. The van der Waals surface area contributed by atoms with E-state index in [-0.39, 0.29) is 31.7 Å². The van der Waals surface area contributed by atoms with Crippen LogP contribution in [0.4, 0.5) is 5.69 Å². The van der Waals surface area contributed by atoms with E-state index in [1.54, 1.807) is 20.8 Å². The van der Waals surface area contributed by atoms with Crippen molar-refractivity contribution in [3.05, 3.63) is 45.2 Å². The highest BCUT2D eigenvalue weighted by Gasteiger charge is 2.52. The van der Waals surface area contributed by atoms with Gasteiger partial charge in [-0.25, -0.2) is 4.79 Å². The maximum absolute atomic E-state index is 12.6. The van der Waals surface area contributed by atoms with Crippen LogP contribution in [0.5, 0.6) is 0 Å². The number of ether oxygens (including phenoxy) is 1. The van der Waals surface area contributed by atoms with Gasteiger partial charge >= 0.3 is 11.9 Å². The zero-order valence-corrected chi connectivity index (χ0v) is 16.1. The lowest BCUT2D eigenvalue weighted by Gasteiger charge is -2.54. The predicted octanol–water partition coefficient (Wildman–Crippen LogP) is 1.95. The van der Waals surface area contributed by atoms with E-state index in [2.05, 4.69) is 0 Å². The molecule has 0 saturated carbocycles. The summed E-state index contributed by atoms with van der Waals surface area (Å²) in [4.78, 5) is 37.9. The second-order valence-electron chi connectivity index (χ2n) is 7.89. The maximum atomic E-state index is 12.6. The molecule has 1 fully saturated rings. The topological polar surface area (TPSA) is 145 Å². The van der Waals surface area contributed by atoms with Gasteiger partial charge in [-0.2, -0.15) is 4.81 Å². The third kappa shape index (κ3) is 5.24. The summed E-state index contributed by atoms with van der Waals surface area (Å²) in [7, 11) is 0. The zero-order chi connectivity index (χ0) is 21.1. The van der Waals surface area contributed by atoms with Crippen molar-refractivity contribution in [2.24, 2.45) is 11.1 Å². The van der Waals surface area contributed by atoms with Crippen LogP contribution < -0.4 is 5.73 Å². The third-order valence-corrected chi connectivity index (χ3v) is 4.51. The van der Waals surface area contributed by atoms with Crippen LogP contribution >= 0.6 is 0 Å². The van der Waals surface area contributed by atoms with Gasteiger partial charge in [0.15, 0.2) is 0 Å². The summed E-state index contributed by atoms with van der Waals surface area (Å²) in [5.74, 6) is -1.16. The van der Waals surface area contributed by atoms with Gasteiger partial charge in [0.25, 0.3) is 5.69 Å². The van der Waals surface area contributed by atoms with Gasteiger partial charge in [-0.3, -0.25) is 19.7 Å². The maximum Gasteiger partial charge on any atom is 0.372 e. The number of carbonyl (C=O) groups is 2. The summed E-state index contributed by atoms with van der Waals surface area (Å²) in [5.41, 5.74) is 5.59. The van der Waals surface area contributed by atoms with E-state index < -0.39 is 39.2 Å². The van der Waals surface area contributed by atoms with E-state index in [1.165, 1.54) is 24.3 Å². The lowest BCUT2D eigenvalue weighted by atomic mass is 9.94. The molecule has 3 atom stereocenters. The number of nitro groups is 1. The number of quaternary nitrogens is 1. The van der Waals surface area contributed by atoms with Crippen molar-refractivity contribution in [1.82, 2.24) is 0 Å². The molecule has 10 nitrogen and oxygen atoms in total. The number of hydroxylamine groups is 4. The molecule has 154 valence electrons. The minimum atomic E-state index is -1.19. The summed E-state index contributed by atoms with van der Waals surface area (Å²) < 4.78 is 5.12. The normalized spacial score (nSPS) is 24.2. The van der Waals surface area contributed by atoms with E-state index in [9.17, 15) is 24.9 Å². The molecule has 0 amide bonds. The molecule has 1 aliphatic heterocycles. The van der Waals surface area contributed by atoms with Crippen molar-refractivity contribution < 1.29 is 28.9 Å². The largest absolute Gasteiger partial charge is 0.589 e. The number of rotatable bonds is 7. The van der Waals surface area contributed by atoms with Gasteiger partial charge in [-0.15, -0.1) is 0 Å². The molecular formula is C18H25N3O7. The minimum absolute atomic E-state index is 0.0378. The quantitative estimate of drug-likeness (QED) is 0.242. The number of non-ortho nitro benzene ring substituents is 1. The van der Waals surface area contributed by atoms with Gasteiger partial charge in [0.2, 0.25) is 0 Å². The Kier molecular flexibility index (Phi) is 6.37. The van der Waals surface area contributed by atoms with Crippen LogP contribution in [0.15, 0.2) is 24.3 Å². The molecule has 0 spiro atoms. The lowest BCUT2D eigenvalue weighted by molar-refractivity contribution is -1.10. The van der Waals surface area contributed by atoms with Crippen LogP contribution in [0, 0.1) is 20.7 Å². The number of hydrogen-bond acceptors (Lipinski definition) is 8. The van der Waals surface area contributed by atoms with E-state index in [0.29, 0.717) is 5.56 Å². The molecule has 2 N–H and O–H groups in total. The van der Waals surface area contributed by atoms with Crippen molar-refractivity contribution in [2.45, 2.75) is 52.3 Å². The Morgan fingerprint density at radius 2 is 1.89 bits per heavy atom. The molecule has 0 bridgehead atoms. The molecule has 1 saturated heterocycles. The number of nitrogens with zero attached hydrogens (tertiary/aromatic N) is 2. The highest BCUT2D eigenvalue weighted by atomic mass is 16.9. The minimum Gasteiger partial charge on any atom is -0.589 e. The van der Waals surface area contributed by atoms with Crippen LogP contribution in [0.25, 0.3) is 0 Å². The molecule has 1 aromatic rings. The number of esters is 1. The molecule has 1 aromatic carbocycles. The summed E-state index contributed by atoms with van der Waals surface area (Å²) >= 11 is 0. The molecule has 0 aromatic heterocycles. The van der Waals surface area contributed by atoms with E-state index >= 15 is 0 Å². The molecule has 0 aliphatic carbocycles. The fraction of sp³-hybridized carbons (Fsp3) is 0.556. The van der Waals surface area contributed by atoms with Crippen LogP contribution in [0.3, 0.4) is 0 Å². The summed E-state index contributed by atoms with van der Waals surface area (Å²) in [6.07, 6.45) is 0.0713. The SMILES string of the molecule is CC(C)(C)C(=O)O[N+]1([O-])CC(N)C1CCC(=O)OCc1ccc([N+](=O)[O-])cc1. The smallest absolute Gasteiger partial charge is 0.372 e. The molecule has 1 aliphatic rings. The van der Waals surface area contributed by atoms with Gasteiger partial charge in [-0.1, -0.05) is 0 Å².